The summed E-state index contributed by atoms with van der Waals surface area (Å²) < 4.78 is 11.9. The Balaban J connectivity index is 1.39. The third-order valence-corrected chi connectivity index (χ3v) is 8.72. The van der Waals surface area contributed by atoms with Gasteiger partial charge < -0.3 is 14.6 Å². The second kappa shape index (κ2) is 3.68. The van der Waals surface area contributed by atoms with Gasteiger partial charge in [-0.1, -0.05) is 30.3 Å². The van der Waals surface area contributed by atoms with Crippen LogP contribution in [0.3, 0.4) is 0 Å². The van der Waals surface area contributed by atoms with Gasteiger partial charge in [0.15, 0.2) is 6.29 Å². The maximum absolute atomic E-state index is 11.9. The molecule has 23 heavy (non-hydrogen) atoms. The lowest BCUT2D eigenvalue weighted by Crippen LogP contribution is -2.57. The molecule has 5 aliphatic carbocycles. The van der Waals surface area contributed by atoms with Gasteiger partial charge in [0.1, 0.15) is 0 Å². The monoisotopic (exact) mass is 310 g/mol. The van der Waals surface area contributed by atoms with Crippen molar-refractivity contribution >= 4 is 0 Å². The van der Waals surface area contributed by atoms with Gasteiger partial charge in [0.25, 0.3) is 0 Å². The molecule has 1 aromatic carbocycles. The highest BCUT2D eigenvalue weighted by molar-refractivity contribution is 5.40. The zero-order valence-corrected chi connectivity index (χ0v) is 13.0. The molecule has 10 atom stereocenters. The SMILES string of the molecule is O[C@@]1(c2ccccc2)[C@@H]2[C@@H]3[C@@H]4C[C@H]5[C@H]3[C@H]2[C@H](C2OCCO2)[C@@H]5[C@@H]41. The minimum absolute atomic E-state index is 0.0145. The Hall–Kier alpha value is -0.900. The van der Waals surface area contributed by atoms with E-state index in [9.17, 15) is 5.11 Å². The molecule has 5 saturated carbocycles. The summed E-state index contributed by atoms with van der Waals surface area (Å²) in [6.07, 6.45) is 1.37. The maximum Gasteiger partial charge on any atom is 0.161 e. The predicted molar refractivity (Wildman–Crippen MR) is 82.1 cm³/mol. The molecule has 0 unspecified atom stereocenters. The first-order valence-corrected chi connectivity index (χ1v) is 9.33. The summed E-state index contributed by atoms with van der Waals surface area (Å²) in [5.74, 6) is 5.94. The molecule has 1 aromatic rings. The van der Waals surface area contributed by atoms with Crippen LogP contribution in [-0.4, -0.2) is 24.6 Å². The number of hydrogen-bond donors (Lipinski definition) is 1. The highest BCUT2D eigenvalue weighted by Crippen LogP contribution is 2.88. The summed E-state index contributed by atoms with van der Waals surface area (Å²) in [5.41, 5.74) is 0.591. The van der Waals surface area contributed by atoms with Crippen molar-refractivity contribution in [3.05, 3.63) is 35.9 Å². The highest BCUT2D eigenvalue weighted by atomic mass is 16.7. The number of hydrogen-bond acceptors (Lipinski definition) is 3. The minimum atomic E-state index is -0.581. The van der Waals surface area contributed by atoms with Crippen molar-refractivity contribution in [2.75, 3.05) is 13.2 Å². The number of aliphatic hydroxyl groups is 1. The molecule has 3 nitrogen and oxygen atoms in total. The van der Waals surface area contributed by atoms with Crippen molar-refractivity contribution < 1.29 is 14.6 Å². The summed E-state index contributed by atoms with van der Waals surface area (Å²) in [6.45, 7) is 1.50. The Labute approximate surface area is 136 Å². The molecule has 3 heteroatoms. The van der Waals surface area contributed by atoms with Crippen molar-refractivity contribution in [3.63, 3.8) is 0 Å². The van der Waals surface area contributed by atoms with E-state index >= 15 is 0 Å². The predicted octanol–water partition coefficient (Wildman–Crippen LogP) is 2.25. The number of ether oxygens (including phenoxy) is 2. The van der Waals surface area contributed by atoms with E-state index in [4.69, 9.17) is 9.47 Å². The smallest absolute Gasteiger partial charge is 0.161 e. The van der Waals surface area contributed by atoms with Crippen LogP contribution in [0.15, 0.2) is 30.3 Å². The summed E-state index contributed by atoms with van der Waals surface area (Å²) in [5, 5.41) is 11.9. The average Bonchev–Trinajstić information content (AvgIpc) is 3.25. The Morgan fingerprint density at radius 1 is 0.826 bits per heavy atom. The Morgan fingerprint density at radius 2 is 1.57 bits per heavy atom. The molecule has 1 aliphatic heterocycles. The van der Waals surface area contributed by atoms with Crippen LogP contribution in [0.2, 0.25) is 0 Å². The Kier molecular flexibility index (Phi) is 2.00. The van der Waals surface area contributed by atoms with Gasteiger partial charge >= 0.3 is 0 Å². The molecule has 0 aromatic heterocycles. The lowest BCUT2D eigenvalue weighted by Gasteiger charge is -2.55. The van der Waals surface area contributed by atoms with Crippen molar-refractivity contribution in [1.82, 2.24) is 0 Å². The zero-order chi connectivity index (χ0) is 14.9. The second-order valence-electron chi connectivity index (χ2n) is 8.80. The quantitative estimate of drug-likeness (QED) is 0.910. The third-order valence-electron chi connectivity index (χ3n) is 8.72. The highest BCUT2D eigenvalue weighted by Gasteiger charge is 2.88. The minimum Gasteiger partial charge on any atom is -0.385 e. The molecular weight excluding hydrogens is 288 g/mol. The molecule has 120 valence electrons. The lowest BCUT2D eigenvalue weighted by molar-refractivity contribution is -0.206. The molecule has 1 heterocycles. The fourth-order valence-corrected chi connectivity index (χ4v) is 8.71. The zero-order valence-electron chi connectivity index (χ0n) is 13.0. The maximum atomic E-state index is 11.9. The number of fused-ring (bicyclic) bond motifs is 2. The first kappa shape index (κ1) is 12.5. The fraction of sp³-hybridized carbons (Fsp3) is 0.700. The van der Waals surface area contributed by atoms with Gasteiger partial charge in [-0.3, -0.25) is 0 Å². The Bertz CT molecular complexity index is 683. The molecule has 0 radical (unpaired) electrons. The van der Waals surface area contributed by atoms with Gasteiger partial charge in [-0.2, -0.15) is 0 Å². The Morgan fingerprint density at radius 3 is 2.35 bits per heavy atom. The summed E-state index contributed by atoms with van der Waals surface area (Å²) in [6, 6.07) is 10.5. The van der Waals surface area contributed by atoms with Gasteiger partial charge in [-0.25, -0.2) is 0 Å². The van der Waals surface area contributed by atoms with Crippen LogP contribution in [0.5, 0.6) is 0 Å². The number of rotatable bonds is 2. The van der Waals surface area contributed by atoms with Crippen molar-refractivity contribution in [3.8, 4) is 0 Å². The average molecular weight is 310 g/mol. The first-order chi connectivity index (χ1) is 11.3. The van der Waals surface area contributed by atoms with Crippen molar-refractivity contribution in [1.29, 1.82) is 0 Å². The second-order valence-corrected chi connectivity index (χ2v) is 8.80. The van der Waals surface area contributed by atoms with Gasteiger partial charge in [0.05, 0.1) is 18.8 Å². The van der Waals surface area contributed by atoms with Crippen molar-refractivity contribution in [2.45, 2.75) is 18.3 Å². The van der Waals surface area contributed by atoms with E-state index in [1.54, 1.807) is 0 Å². The van der Waals surface area contributed by atoms with E-state index in [1.165, 1.54) is 12.0 Å². The standard InChI is InChI=1S/C20H22O3/c21-20(9-4-2-1-3-5-9)17-11-8-10-12-14(11)18(20)15(12)16(13(10)17)19-22-6-7-23-19/h1-5,10-19,21H,6-8H2/t10-,11-,12+,13+,14+,15-,16+,17+,18+,20+/m0/s1. The van der Waals surface area contributed by atoms with Crippen molar-refractivity contribution in [2.24, 2.45) is 53.3 Å². The van der Waals surface area contributed by atoms with Crippen LogP contribution >= 0.6 is 0 Å². The van der Waals surface area contributed by atoms with E-state index < -0.39 is 5.60 Å². The molecule has 1 N–H and O–H groups in total. The largest absolute Gasteiger partial charge is 0.385 e. The van der Waals surface area contributed by atoms with Gasteiger partial charge in [-0.05, 0) is 59.3 Å². The van der Waals surface area contributed by atoms with Crippen LogP contribution < -0.4 is 0 Å². The topological polar surface area (TPSA) is 38.7 Å². The first-order valence-electron chi connectivity index (χ1n) is 9.33. The lowest BCUT2D eigenvalue weighted by atomic mass is 9.52. The van der Waals surface area contributed by atoms with Crippen LogP contribution in [0.25, 0.3) is 0 Å². The van der Waals surface area contributed by atoms with E-state index in [2.05, 4.69) is 30.3 Å². The van der Waals surface area contributed by atoms with E-state index in [-0.39, 0.29) is 6.29 Å². The molecule has 0 amide bonds. The molecule has 7 rings (SSSR count). The van der Waals surface area contributed by atoms with Crippen LogP contribution in [0, 0.1) is 53.3 Å². The molecular formula is C20H22O3. The third kappa shape index (κ3) is 1.09. The van der Waals surface area contributed by atoms with Gasteiger partial charge in [0, 0.05) is 5.92 Å². The van der Waals surface area contributed by atoms with E-state index in [1.807, 2.05) is 0 Å². The van der Waals surface area contributed by atoms with Gasteiger partial charge in [-0.15, -0.1) is 0 Å². The van der Waals surface area contributed by atoms with E-state index in [0.717, 1.165) is 36.9 Å². The van der Waals surface area contributed by atoms with Crippen LogP contribution in [-0.2, 0) is 15.1 Å². The molecule has 1 saturated heterocycles. The fourth-order valence-electron chi connectivity index (χ4n) is 8.71. The molecule has 6 fully saturated rings. The summed E-state index contributed by atoms with van der Waals surface area (Å²) in [7, 11) is 0. The molecule has 2 bridgehead atoms. The van der Waals surface area contributed by atoms with Gasteiger partial charge in [0.2, 0.25) is 0 Å². The summed E-state index contributed by atoms with van der Waals surface area (Å²) >= 11 is 0. The normalized spacial score (nSPS) is 60.8. The number of benzene rings is 1. The molecule has 6 aliphatic rings. The van der Waals surface area contributed by atoms with Crippen LogP contribution in [0.1, 0.15) is 12.0 Å². The van der Waals surface area contributed by atoms with Crippen LogP contribution in [0.4, 0.5) is 0 Å². The van der Waals surface area contributed by atoms with E-state index in [0.29, 0.717) is 29.6 Å². The molecule has 0 spiro atoms. The summed E-state index contributed by atoms with van der Waals surface area (Å²) in [4.78, 5) is 0.